The number of carbonyl (C=O) groups excluding carboxylic acids is 2. The zero-order valence-electron chi connectivity index (χ0n) is 14.6. The average Bonchev–Trinajstić information content (AvgIpc) is 3.31. The van der Waals surface area contributed by atoms with Gasteiger partial charge in [0.15, 0.2) is 5.60 Å². The lowest BCUT2D eigenvalue weighted by molar-refractivity contribution is -0.136. The van der Waals surface area contributed by atoms with Crippen LogP contribution in [0.1, 0.15) is 25.0 Å². The van der Waals surface area contributed by atoms with E-state index in [4.69, 9.17) is 9.15 Å². The molecular formula is C18H25N3O4. The van der Waals surface area contributed by atoms with Crippen LogP contribution in [0.3, 0.4) is 0 Å². The molecule has 3 aliphatic heterocycles. The lowest BCUT2D eigenvalue weighted by Gasteiger charge is -2.33. The number of likely N-dealkylation sites (N-methyl/N-ethyl adjacent to an activating group) is 1. The van der Waals surface area contributed by atoms with E-state index in [9.17, 15) is 9.59 Å². The molecule has 2 amide bonds. The molecule has 0 unspecified atom stereocenters. The number of amides is 2. The van der Waals surface area contributed by atoms with Gasteiger partial charge in [0.2, 0.25) is 5.91 Å². The highest BCUT2D eigenvalue weighted by Crippen LogP contribution is 2.33. The Kier molecular flexibility index (Phi) is 4.19. The predicted molar refractivity (Wildman–Crippen MR) is 89.7 cm³/mol. The van der Waals surface area contributed by atoms with Gasteiger partial charge < -0.3 is 19.0 Å². The van der Waals surface area contributed by atoms with Gasteiger partial charge in [-0.3, -0.25) is 9.69 Å². The van der Waals surface area contributed by atoms with Crippen LogP contribution in [0.2, 0.25) is 0 Å². The third-order valence-electron chi connectivity index (χ3n) is 5.67. The molecule has 0 bridgehead atoms. The monoisotopic (exact) mass is 347 g/mol. The van der Waals surface area contributed by atoms with Gasteiger partial charge in [-0.2, -0.15) is 0 Å². The molecule has 1 aromatic heterocycles. The highest BCUT2D eigenvalue weighted by molar-refractivity contribution is 5.80. The fourth-order valence-corrected chi connectivity index (χ4v) is 4.26. The summed E-state index contributed by atoms with van der Waals surface area (Å²) in [6, 6.07) is 3.89. The Bertz CT molecular complexity index is 639. The molecule has 0 saturated carbocycles. The molecule has 25 heavy (non-hydrogen) atoms. The Morgan fingerprint density at radius 3 is 2.72 bits per heavy atom. The number of piperidine rings is 1. The van der Waals surface area contributed by atoms with Crippen LogP contribution in [-0.2, 0) is 16.1 Å². The van der Waals surface area contributed by atoms with Crippen LogP contribution in [0.25, 0.3) is 0 Å². The van der Waals surface area contributed by atoms with Crippen molar-refractivity contribution in [2.45, 2.75) is 31.4 Å². The quantitative estimate of drug-likeness (QED) is 0.830. The summed E-state index contributed by atoms with van der Waals surface area (Å²) >= 11 is 0. The highest BCUT2D eigenvalue weighted by Gasteiger charge is 2.50. The Hall–Kier alpha value is -2.02. The van der Waals surface area contributed by atoms with Crippen molar-refractivity contribution in [2.75, 3.05) is 39.8 Å². The Morgan fingerprint density at radius 2 is 2.08 bits per heavy atom. The number of carbonyl (C=O) groups is 2. The van der Waals surface area contributed by atoms with Gasteiger partial charge in [-0.1, -0.05) is 0 Å². The van der Waals surface area contributed by atoms with Crippen molar-refractivity contribution < 1.29 is 18.7 Å². The van der Waals surface area contributed by atoms with Crippen LogP contribution < -0.4 is 0 Å². The van der Waals surface area contributed by atoms with Gasteiger partial charge in [-0.05, 0) is 38.1 Å². The summed E-state index contributed by atoms with van der Waals surface area (Å²) < 4.78 is 10.9. The van der Waals surface area contributed by atoms with Gasteiger partial charge >= 0.3 is 6.09 Å². The fourth-order valence-electron chi connectivity index (χ4n) is 4.26. The molecule has 7 heteroatoms. The van der Waals surface area contributed by atoms with Crippen molar-refractivity contribution in [1.82, 2.24) is 14.7 Å². The molecule has 0 N–H and O–H groups in total. The van der Waals surface area contributed by atoms with E-state index in [1.165, 1.54) is 0 Å². The number of nitrogens with zero attached hydrogens (tertiary/aromatic N) is 3. The zero-order chi connectivity index (χ0) is 17.4. The van der Waals surface area contributed by atoms with Crippen molar-refractivity contribution in [3.05, 3.63) is 24.2 Å². The van der Waals surface area contributed by atoms with Crippen molar-refractivity contribution in [1.29, 1.82) is 0 Å². The van der Waals surface area contributed by atoms with E-state index < -0.39 is 5.60 Å². The summed E-state index contributed by atoms with van der Waals surface area (Å²) in [6.07, 6.45) is 3.92. The first-order chi connectivity index (χ1) is 12.0. The molecule has 0 radical (unpaired) electrons. The Labute approximate surface area is 147 Å². The predicted octanol–water partition coefficient (Wildman–Crippen LogP) is 1.54. The molecule has 3 saturated heterocycles. The maximum atomic E-state index is 12.9. The smallest absolute Gasteiger partial charge is 0.410 e. The van der Waals surface area contributed by atoms with Gasteiger partial charge in [0, 0.05) is 25.9 Å². The van der Waals surface area contributed by atoms with Crippen molar-refractivity contribution in [3.8, 4) is 0 Å². The van der Waals surface area contributed by atoms with Gasteiger partial charge in [0.25, 0.3) is 0 Å². The molecule has 7 nitrogen and oxygen atoms in total. The molecule has 3 fully saturated rings. The second kappa shape index (κ2) is 6.37. The summed E-state index contributed by atoms with van der Waals surface area (Å²) in [5.41, 5.74) is -0.485. The van der Waals surface area contributed by atoms with E-state index >= 15 is 0 Å². The molecular weight excluding hydrogens is 322 g/mol. The maximum Gasteiger partial charge on any atom is 0.410 e. The van der Waals surface area contributed by atoms with E-state index in [2.05, 4.69) is 4.90 Å². The molecule has 0 aromatic carbocycles. The number of likely N-dealkylation sites (tertiary alicyclic amines) is 2. The Balaban J connectivity index is 1.29. The largest absolute Gasteiger partial charge is 0.468 e. The average molecular weight is 347 g/mol. The topological polar surface area (TPSA) is 66.2 Å². The second-order valence-electron chi connectivity index (χ2n) is 7.55. The molecule has 4 rings (SSSR count). The van der Waals surface area contributed by atoms with Gasteiger partial charge in [0.05, 0.1) is 25.9 Å². The second-order valence-corrected chi connectivity index (χ2v) is 7.55. The van der Waals surface area contributed by atoms with Crippen LogP contribution in [0, 0.1) is 5.92 Å². The number of ether oxygens (including phenoxy) is 1. The number of hydrogen-bond acceptors (Lipinski definition) is 5. The molecule has 3 aliphatic rings. The summed E-state index contributed by atoms with van der Waals surface area (Å²) in [5, 5.41) is 0. The molecule has 1 atom stereocenters. The normalized spacial score (nSPS) is 28.1. The molecule has 0 aliphatic carbocycles. The van der Waals surface area contributed by atoms with Crippen LogP contribution in [-0.4, -0.2) is 72.1 Å². The zero-order valence-corrected chi connectivity index (χ0v) is 14.6. The number of rotatable bonds is 3. The molecule has 136 valence electrons. The molecule has 1 aromatic rings. The van der Waals surface area contributed by atoms with E-state index in [0.717, 1.165) is 44.7 Å². The minimum absolute atomic E-state index is 0.0813. The Morgan fingerprint density at radius 1 is 1.28 bits per heavy atom. The molecule has 1 spiro atoms. The van der Waals surface area contributed by atoms with Crippen LogP contribution in [0.5, 0.6) is 0 Å². The van der Waals surface area contributed by atoms with Gasteiger partial charge in [-0.15, -0.1) is 0 Å². The lowest BCUT2D eigenvalue weighted by Crippen LogP contribution is -2.44. The van der Waals surface area contributed by atoms with Crippen molar-refractivity contribution >= 4 is 12.0 Å². The minimum Gasteiger partial charge on any atom is -0.468 e. The fraction of sp³-hybridized carbons (Fsp3) is 0.667. The van der Waals surface area contributed by atoms with Crippen molar-refractivity contribution in [3.63, 3.8) is 0 Å². The minimum atomic E-state index is -0.485. The number of furan rings is 1. The summed E-state index contributed by atoms with van der Waals surface area (Å²) in [7, 11) is 1.75. The van der Waals surface area contributed by atoms with E-state index in [0.29, 0.717) is 19.6 Å². The van der Waals surface area contributed by atoms with E-state index in [1.54, 1.807) is 18.2 Å². The van der Waals surface area contributed by atoms with Crippen LogP contribution in [0.15, 0.2) is 22.8 Å². The first-order valence-corrected chi connectivity index (χ1v) is 9.02. The van der Waals surface area contributed by atoms with Gasteiger partial charge in [-0.25, -0.2) is 4.79 Å². The van der Waals surface area contributed by atoms with Crippen molar-refractivity contribution in [2.24, 2.45) is 5.92 Å². The highest BCUT2D eigenvalue weighted by atomic mass is 16.6. The molecule has 4 heterocycles. The summed E-state index contributed by atoms with van der Waals surface area (Å²) in [6.45, 7) is 4.43. The SMILES string of the molecule is CN1C[C@@]2(CCN(C(=O)C3CCN(Cc4ccco4)CC3)C2)OC1=O. The summed E-state index contributed by atoms with van der Waals surface area (Å²) in [5.74, 6) is 1.27. The van der Waals surface area contributed by atoms with E-state index in [1.807, 2.05) is 17.0 Å². The standard InChI is InChI=1S/C18H25N3O4/c1-19-12-18(25-17(19)23)6-9-21(13-18)16(22)14-4-7-20(8-5-14)11-15-3-2-10-24-15/h2-3,10,14H,4-9,11-13H2,1H3/t18-/m1/s1. The van der Waals surface area contributed by atoms with Crippen LogP contribution >= 0.6 is 0 Å². The third-order valence-corrected chi connectivity index (χ3v) is 5.67. The first kappa shape index (κ1) is 16.4. The van der Waals surface area contributed by atoms with Crippen LogP contribution in [0.4, 0.5) is 4.79 Å². The summed E-state index contributed by atoms with van der Waals surface area (Å²) in [4.78, 5) is 30.4. The lowest BCUT2D eigenvalue weighted by atomic mass is 9.95. The van der Waals surface area contributed by atoms with E-state index in [-0.39, 0.29) is 17.9 Å². The van der Waals surface area contributed by atoms with Gasteiger partial charge in [0.1, 0.15) is 5.76 Å². The third kappa shape index (κ3) is 3.25. The first-order valence-electron chi connectivity index (χ1n) is 9.02. The maximum absolute atomic E-state index is 12.9. The number of hydrogen-bond donors (Lipinski definition) is 0.